The largest absolute Gasteiger partial charge is 0.352 e. The maximum Gasteiger partial charge on any atom is 0.252 e. The fourth-order valence-corrected chi connectivity index (χ4v) is 3.13. The first-order valence-electron chi connectivity index (χ1n) is 7.55. The smallest absolute Gasteiger partial charge is 0.252 e. The number of hydrogen-bond donors (Lipinski definition) is 2. The van der Waals surface area contributed by atoms with Crippen LogP contribution < -0.4 is 11.1 Å². The van der Waals surface area contributed by atoms with Crippen molar-refractivity contribution in [2.45, 2.75) is 32.2 Å². The Morgan fingerprint density at radius 1 is 1.38 bits per heavy atom. The molecule has 1 heterocycles. The van der Waals surface area contributed by atoms with Crippen LogP contribution in [-0.4, -0.2) is 23.5 Å². The van der Waals surface area contributed by atoms with Gasteiger partial charge in [-0.3, -0.25) is 9.78 Å². The van der Waals surface area contributed by atoms with E-state index >= 15 is 0 Å². The summed E-state index contributed by atoms with van der Waals surface area (Å²) < 4.78 is 0. The zero-order valence-corrected chi connectivity index (χ0v) is 12.3. The first kappa shape index (κ1) is 14.0. The van der Waals surface area contributed by atoms with Crippen LogP contribution in [0.4, 0.5) is 0 Å². The molecule has 1 amide bonds. The topological polar surface area (TPSA) is 68.0 Å². The molecule has 2 atom stereocenters. The molecule has 0 radical (unpaired) electrons. The lowest BCUT2D eigenvalue weighted by Gasteiger charge is -2.16. The Hall–Kier alpha value is -1.94. The van der Waals surface area contributed by atoms with Gasteiger partial charge in [0.25, 0.3) is 5.91 Å². The third-order valence-corrected chi connectivity index (χ3v) is 4.33. The molecule has 1 saturated carbocycles. The fourth-order valence-electron chi connectivity index (χ4n) is 3.13. The molecule has 0 bridgehead atoms. The van der Waals surface area contributed by atoms with Crippen LogP contribution >= 0.6 is 0 Å². The highest BCUT2D eigenvalue weighted by Crippen LogP contribution is 2.23. The molecule has 1 aliphatic rings. The first-order valence-corrected chi connectivity index (χ1v) is 7.55. The number of nitrogens with two attached hydrogens (primary N) is 1. The van der Waals surface area contributed by atoms with Gasteiger partial charge in [-0.15, -0.1) is 0 Å². The summed E-state index contributed by atoms with van der Waals surface area (Å²) in [7, 11) is 0. The molecule has 2 aromatic rings. The Labute approximate surface area is 124 Å². The first-order chi connectivity index (χ1) is 10.1. The van der Waals surface area contributed by atoms with Gasteiger partial charge in [0.05, 0.1) is 11.1 Å². The van der Waals surface area contributed by atoms with E-state index in [1.165, 1.54) is 6.42 Å². The van der Waals surface area contributed by atoms with E-state index in [9.17, 15) is 4.79 Å². The third kappa shape index (κ3) is 2.90. The van der Waals surface area contributed by atoms with Crippen LogP contribution in [0.1, 0.15) is 35.3 Å². The molecule has 4 nitrogen and oxygen atoms in total. The highest BCUT2D eigenvalue weighted by molar-refractivity contribution is 6.06. The number of carbonyl (C=O) groups excluding carboxylic acids is 1. The van der Waals surface area contributed by atoms with Gasteiger partial charge in [-0.25, -0.2) is 0 Å². The van der Waals surface area contributed by atoms with Gasteiger partial charge in [0.1, 0.15) is 0 Å². The number of hydrogen-bond acceptors (Lipinski definition) is 3. The van der Waals surface area contributed by atoms with Crippen LogP contribution in [0.5, 0.6) is 0 Å². The third-order valence-electron chi connectivity index (χ3n) is 4.33. The number of amides is 1. The van der Waals surface area contributed by atoms with Crippen LogP contribution in [0.25, 0.3) is 10.9 Å². The van der Waals surface area contributed by atoms with Crippen molar-refractivity contribution in [3.63, 3.8) is 0 Å². The lowest BCUT2D eigenvalue weighted by molar-refractivity contribution is 0.0948. The minimum atomic E-state index is -0.0317. The number of aromatic nitrogens is 1. The van der Waals surface area contributed by atoms with E-state index in [-0.39, 0.29) is 11.9 Å². The highest BCUT2D eigenvalue weighted by atomic mass is 16.1. The molecule has 0 spiro atoms. The van der Waals surface area contributed by atoms with Crippen molar-refractivity contribution in [3.05, 3.63) is 41.6 Å². The van der Waals surface area contributed by atoms with Gasteiger partial charge < -0.3 is 11.1 Å². The van der Waals surface area contributed by atoms with Crippen molar-refractivity contribution in [1.29, 1.82) is 0 Å². The predicted molar refractivity (Wildman–Crippen MR) is 84.1 cm³/mol. The summed E-state index contributed by atoms with van der Waals surface area (Å²) in [4.78, 5) is 17.0. The summed E-state index contributed by atoms with van der Waals surface area (Å²) in [5.41, 5.74) is 8.48. The van der Waals surface area contributed by atoms with Crippen molar-refractivity contribution in [1.82, 2.24) is 10.3 Å². The van der Waals surface area contributed by atoms with Crippen molar-refractivity contribution >= 4 is 16.8 Å². The van der Waals surface area contributed by atoms with Crippen LogP contribution in [-0.2, 0) is 0 Å². The molecular weight excluding hydrogens is 262 g/mol. The molecule has 1 aromatic heterocycles. The normalized spacial score (nSPS) is 21.6. The standard InChI is InChI=1S/C17H21N3O/c1-11-9-14(13-6-2-3-8-16(13)20-11)17(21)19-10-12-5-4-7-15(12)18/h2-3,6,8-9,12,15H,4-5,7,10,18H2,1H3,(H,19,21). The highest BCUT2D eigenvalue weighted by Gasteiger charge is 2.24. The van der Waals surface area contributed by atoms with E-state index < -0.39 is 0 Å². The lowest BCUT2D eigenvalue weighted by atomic mass is 10.0. The van der Waals surface area contributed by atoms with Gasteiger partial charge in [0.15, 0.2) is 0 Å². The molecule has 110 valence electrons. The second-order valence-corrected chi connectivity index (χ2v) is 5.89. The molecule has 21 heavy (non-hydrogen) atoms. The van der Waals surface area contributed by atoms with Crippen LogP contribution in [0.2, 0.25) is 0 Å². The molecule has 1 fully saturated rings. The second-order valence-electron chi connectivity index (χ2n) is 5.89. The van der Waals surface area contributed by atoms with Crippen LogP contribution in [0.15, 0.2) is 30.3 Å². The Morgan fingerprint density at radius 3 is 2.95 bits per heavy atom. The summed E-state index contributed by atoms with van der Waals surface area (Å²) in [6.45, 7) is 2.58. The maximum atomic E-state index is 12.5. The SMILES string of the molecule is Cc1cc(C(=O)NCC2CCCC2N)c2ccccc2n1. The minimum absolute atomic E-state index is 0.0317. The average Bonchev–Trinajstić information content (AvgIpc) is 2.89. The minimum Gasteiger partial charge on any atom is -0.352 e. The molecule has 4 heteroatoms. The van der Waals surface area contributed by atoms with E-state index in [1.807, 2.05) is 37.3 Å². The molecule has 0 saturated heterocycles. The van der Waals surface area contributed by atoms with Gasteiger partial charge in [-0.05, 0) is 37.8 Å². The Kier molecular flexibility index (Phi) is 3.88. The van der Waals surface area contributed by atoms with Gasteiger partial charge in [0, 0.05) is 23.7 Å². The van der Waals surface area contributed by atoms with E-state index in [4.69, 9.17) is 5.73 Å². The predicted octanol–water partition coefficient (Wildman–Crippen LogP) is 2.40. The molecule has 2 unspecified atom stereocenters. The van der Waals surface area contributed by atoms with Gasteiger partial charge in [-0.2, -0.15) is 0 Å². The van der Waals surface area contributed by atoms with E-state index in [2.05, 4.69) is 10.3 Å². The monoisotopic (exact) mass is 283 g/mol. The van der Waals surface area contributed by atoms with Gasteiger partial charge in [-0.1, -0.05) is 24.6 Å². The molecule has 1 aromatic carbocycles. The van der Waals surface area contributed by atoms with E-state index in [0.717, 1.165) is 29.4 Å². The lowest BCUT2D eigenvalue weighted by Crippen LogP contribution is -2.36. The Bertz CT molecular complexity index is 668. The number of carbonyl (C=O) groups is 1. The van der Waals surface area contributed by atoms with Gasteiger partial charge >= 0.3 is 0 Å². The molecule has 3 N–H and O–H groups in total. The molecule has 0 aliphatic heterocycles. The number of aryl methyl sites for hydroxylation is 1. The number of rotatable bonds is 3. The molecule has 3 rings (SSSR count). The summed E-state index contributed by atoms with van der Waals surface area (Å²) >= 11 is 0. The zero-order valence-electron chi connectivity index (χ0n) is 12.3. The number of para-hydroxylation sites is 1. The molecule has 1 aliphatic carbocycles. The Balaban J connectivity index is 1.81. The fraction of sp³-hybridized carbons (Fsp3) is 0.412. The van der Waals surface area contributed by atoms with Crippen molar-refractivity contribution in [3.8, 4) is 0 Å². The van der Waals surface area contributed by atoms with Gasteiger partial charge in [0.2, 0.25) is 0 Å². The number of nitrogens with zero attached hydrogens (tertiary/aromatic N) is 1. The number of nitrogens with one attached hydrogen (secondary N) is 1. The number of benzene rings is 1. The zero-order chi connectivity index (χ0) is 14.8. The summed E-state index contributed by atoms with van der Waals surface area (Å²) in [5.74, 6) is 0.374. The number of pyridine rings is 1. The van der Waals surface area contributed by atoms with Crippen LogP contribution in [0, 0.1) is 12.8 Å². The van der Waals surface area contributed by atoms with Crippen molar-refractivity contribution in [2.75, 3.05) is 6.54 Å². The van der Waals surface area contributed by atoms with E-state index in [0.29, 0.717) is 18.0 Å². The average molecular weight is 283 g/mol. The second kappa shape index (κ2) is 5.82. The van der Waals surface area contributed by atoms with Crippen molar-refractivity contribution < 1.29 is 4.79 Å². The molecular formula is C17H21N3O. The summed E-state index contributed by atoms with van der Waals surface area (Å²) in [6.07, 6.45) is 3.34. The van der Waals surface area contributed by atoms with Crippen molar-refractivity contribution in [2.24, 2.45) is 11.7 Å². The summed E-state index contributed by atoms with van der Waals surface area (Å²) in [6, 6.07) is 9.83. The maximum absolute atomic E-state index is 12.5. The Morgan fingerprint density at radius 2 is 2.19 bits per heavy atom. The quantitative estimate of drug-likeness (QED) is 0.909. The summed E-state index contributed by atoms with van der Waals surface area (Å²) in [5, 5.41) is 3.94. The number of fused-ring (bicyclic) bond motifs is 1. The van der Waals surface area contributed by atoms with E-state index in [1.54, 1.807) is 0 Å². The van der Waals surface area contributed by atoms with Crippen LogP contribution in [0.3, 0.4) is 0 Å².